The summed E-state index contributed by atoms with van der Waals surface area (Å²) in [4.78, 5) is 10.6. The van der Waals surface area contributed by atoms with E-state index in [1.54, 1.807) is 0 Å². The molecule has 1 saturated heterocycles. The summed E-state index contributed by atoms with van der Waals surface area (Å²) >= 11 is 0. The fourth-order valence-corrected chi connectivity index (χ4v) is 1.77. The highest BCUT2D eigenvalue weighted by atomic mass is 16.5. The molecule has 0 radical (unpaired) electrons. The molecular weight excluding hydrogens is 182 g/mol. The number of carboxylic acid groups (broad SMARTS) is 1. The third kappa shape index (κ3) is 3.64. The summed E-state index contributed by atoms with van der Waals surface area (Å²) in [5, 5.41) is 12.0. The van der Waals surface area contributed by atoms with Crippen LogP contribution in [0, 0.1) is 0 Å². The maximum atomic E-state index is 10.6. The first-order chi connectivity index (χ1) is 6.74. The van der Waals surface area contributed by atoms with Crippen molar-refractivity contribution >= 4 is 5.97 Å². The molecule has 0 aliphatic carbocycles. The number of carboxylic acids is 1. The maximum absolute atomic E-state index is 10.6. The summed E-state index contributed by atoms with van der Waals surface area (Å²) in [6.45, 7) is 3.70. The van der Waals surface area contributed by atoms with Crippen molar-refractivity contribution in [1.82, 2.24) is 5.32 Å². The van der Waals surface area contributed by atoms with E-state index in [0.717, 1.165) is 32.4 Å². The zero-order valence-corrected chi connectivity index (χ0v) is 8.66. The van der Waals surface area contributed by atoms with Crippen molar-refractivity contribution in [1.29, 1.82) is 0 Å². The molecule has 0 bridgehead atoms. The van der Waals surface area contributed by atoms with Gasteiger partial charge in [-0.15, -0.1) is 0 Å². The van der Waals surface area contributed by atoms with Crippen LogP contribution in [-0.4, -0.2) is 36.4 Å². The number of ether oxygens (including phenoxy) is 1. The Labute approximate surface area is 84.6 Å². The molecule has 2 N–H and O–H groups in total. The van der Waals surface area contributed by atoms with Crippen molar-refractivity contribution in [2.75, 3.05) is 13.2 Å². The lowest BCUT2D eigenvalue weighted by Crippen LogP contribution is -2.41. The lowest BCUT2D eigenvalue weighted by Gasteiger charge is -2.22. The molecule has 0 saturated carbocycles. The summed E-state index contributed by atoms with van der Waals surface area (Å²) < 4.78 is 5.49. The first-order valence-electron chi connectivity index (χ1n) is 5.30. The summed E-state index contributed by atoms with van der Waals surface area (Å²) in [6, 6.07) is -0.0186. The Morgan fingerprint density at radius 3 is 3.00 bits per heavy atom. The molecule has 0 amide bonds. The number of carbonyl (C=O) groups is 1. The number of aliphatic carboxylic acids is 1. The van der Waals surface area contributed by atoms with Crippen LogP contribution in [0.3, 0.4) is 0 Å². The molecule has 82 valence electrons. The van der Waals surface area contributed by atoms with Crippen LogP contribution in [0.25, 0.3) is 0 Å². The van der Waals surface area contributed by atoms with E-state index in [2.05, 4.69) is 12.2 Å². The van der Waals surface area contributed by atoms with Crippen LogP contribution in [0.1, 0.15) is 32.6 Å². The van der Waals surface area contributed by atoms with Crippen molar-refractivity contribution < 1.29 is 14.6 Å². The van der Waals surface area contributed by atoms with Crippen LogP contribution >= 0.6 is 0 Å². The van der Waals surface area contributed by atoms with Crippen molar-refractivity contribution in [3.63, 3.8) is 0 Å². The number of rotatable bonds is 6. The second-order valence-electron chi connectivity index (χ2n) is 3.71. The van der Waals surface area contributed by atoms with Crippen LogP contribution in [-0.2, 0) is 9.53 Å². The Morgan fingerprint density at radius 2 is 2.50 bits per heavy atom. The highest BCUT2D eigenvalue weighted by Gasteiger charge is 2.26. The predicted molar refractivity (Wildman–Crippen MR) is 53.3 cm³/mol. The highest BCUT2D eigenvalue weighted by molar-refractivity contribution is 5.67. The Morgan fingerprint density at radius 1 is 1.71 bits per heavy atom. The van der Waals surface area contributed by atoms with Gasteiger partial charge in [0.15, 0.2) is 0 Å². The van der Waals surface area contributed by atoms with Crippen molar-refractivity contribution in [3.05, 3.63) is 0 Å². The van der Waals surface area contributed by atoms with Crippen molar-refractivity contribution in [3.8, 4) is 0 Å². The summed E-state index contributed by atoms with van der Waals surface area (Å²) in [6.07, 6.45) is 3.30. The molecule has 1 aliphatic rings. The van der Waals surface area contributed by atoms with Crippen LogP contribution in [0.5, 0.6) is 0 Å². The molecule has 0 aromatic rings. The van der Waals surface area contributed by atoms with E-state index in [1.165, 1.54) is 0 Å². The van der Waals surface area contributed by atoms with Gasteiger partial charge in [-0.05, 0) is 25.8 Å². The Hall–Kier alpha value is -0.610. The third-order valence-corrected chi connectivity index (χ3v) is 2.46. The molecule has 0 spiro atoms. The third-order valence-electron chi connectivity index (χ3n) is 2.46. The lowest BCUT2D eigenvalue weighted by molar-refractivity contribution is -0.138. The van der Waals surface area contributed by atoms with Gasteiger partial charge in [-0.3, -0.25) is 4.79 Å². The van der Waals surface area contributed by atoms with Gasteiger partial charge in [0, 0.05) is 12.6 Å². The van der Waals surface area contributed by atoms with Gasteiger partial charge in [-0.25, -0.2) is 0 Å². The monoisotopic (exact) mass is 201 g/mol. The summed E-state index contributed by atoms with van der Waals surface area (Å²) in [5.41, 5.74) is 0. The lowest BCUT2D eigenvalue weighted by atomic mass is 10.0. The molecule has 4 nitrogen and oxygen atoms in total. The van der Waals surface area contributed by atoms with Gasteiger partial charge in [0.2, 0.25) is 0 Å². The van der Waals surface area contributed by atoms with Gasteiger partial charge < -0.3 is 15.2 Å². The van der Waals surface area contributed by atoms with E-state index in [4.69, 9.17) is 9.84 Å². The normalized spacial score (nSPS) is 23.6. The summed E-state index contributed by atoms with van der Waals surface area (Å²) in [5.74, 6) is -0.755. The average molecular weight is 201 g/mol. The second kappa shape index (κ2) is 5.98. The van der Waals surface area contributed by atoms with E-state index in [9.17, 15) is 4.79 Å². The SMILES string of the molecule is CCCNC(CC(=O)O)C1CCCO1. The quantitative estimate of drug-likeness (QED) is 0.673. The van der Waals surface area contributed by atoms with Gasteiger partial charge in [0.05, 0.1) is 12.5 Å². The van der Waals surface area contributed by atoms with Gasteiger partial charge in [-0.1, -0.05) is 6.92 Å². The molecule has 14 heavy (non-hydrogen) atoms. The topological polar surface area (TPSA) is 58.6 Å². The minimum absolute atomic E-state index is 0.0186. The molecule has 4 heteroatoms. The Balaban J connectivity index is 2.37. The first kappa shape index (κ1) is 11.5. The minimum Gasteiger partial charge on any atom is -0.481 e. The molecule has 2 atom stereocenters. The first-order valence-corrected chi connectivity index (χ1v) is 5.30. The van der Waals surface area contributed by atoms with E-state index in [1.807, 2.05) is 0 Å². The molecule has 1 aliphatic heterocycles. The molecule has 1 heterocycles. The van der Waals surface area contributed by atoms with Gasteiger partial charge in [0.1, 0.15) is 0 Å². The zero-order chi connectivity index (χ0) is 10.4. The standard InChI is InChI=1S/C10H19NO3/c1-2-5-11-8(7-10(12)13)9-4-3-6-14-9/h8-9,11H,2-7H2,1H3,(H,12,13). The largest absolute Gasteiger partial charge is 0.481 e. The number of nitrogens with one attached hydrogen (secondary N) is 1. The van der Waals surface area contributed by atoms with Crippen LogP contribution in [0.4, 0.5) is 0 Å². The molecule has 1 fully saturated rings. The maximum Gasteiger partial charge on any atom is 0.305 e. The Kier molecular flexibility index (Phi) is 4.90. The smallest absolute Gasteiger partial charge is 0.305 e. The van der Waals surface area contributed by atoms with E-state index in [0.29, 0.717) is 0 Å². The molecular formula is C10H19NO3. The Bertz CT molecular complexity index is 178. The average Bonchev–Trinajstić information content (AvgIpc) is 2.64. The molecule has 2 unspecified atom stereocenters. The van der Waals surface area contributed by atoms with E-state index >= 15 is 0 Å². The van der Waals surface area contributed by atoms with Crippen molar-refractivity contribution in [2.24, 2.45) is 0 Å². The fraction of sp³-hybridized carbons (Fsp3) is 0.900. The van der Waals surface area contributed by atoms with E-state index < -0.39 is 5.97 Å². The van der Waals surface area contributed by atoms with Crippen LogP contribution < -0.4 is 5.32 Å². The van der Waals surface area contributed by atoms with Gasteiger partial charge in [-0.2, -0.15) is 0 Å². The van der Waals surface area contributed by atoms with Crippen molar-refractivity contribution in [2.45, 2.75) is 44.8 Å². The number of hydrogen-bond donors (Lipinski definition) is 2. The van der Waals surface area contributed by atoms with Crippen LogP contribution in [0.15, 0.2) is 0 Å². The minimum atomic E-state index is -0.755. The molecule has 0 aromatic heterocycles. The van der Waals surface area contributed by atoms with Gasteiger partial charge >= 0.3 is 5.97 Å². The predicted octanol–water partition coefficient (Wildman–Crippen LogP) is 1.01. The second-order valence-corrected chi connectivity index (χ2v) is 3.71. The summed E-state index contributed by atoms with van der Waals surface area (Å²) in [7, 11) is 0. The van der Waals surface area contributed by atoms with E-state index in [-0.39, 0.29) is 18.6 Å². The zero-order valence-electron chi connectivity index (χ0n) is 8.66. The van der Waals surface area contributed by atoms with Gasteiger partial charge in [0.25, 0.3) is 0 Å². The highest BCUT2D eigenvalue weighted by Crippen LogP contribution is 2.17. The number of hydrogen-bond acceptors (Lipinski definition) is 3. The molecule has 0 aromatic carbocycles. The molecule has 1 rings (SSSR count). The van der Waals surface area contributed by atoms with Crippen LogP contribution in [0.2, 0.25) is 0 Å². The fourth-order valence-electron chi connectivity index (χ4n) is 1.77.